The molecule has 29 heavy (non-hydrogen) atoms. The average Bonchev–Trinajstić information content (AvgIpc) is 3.19. The second kappa shape index (κ2) is 8.52. The number of carbonyl (C=O) groups is 2. The highest BCUT2D eigenvalue weighted by atomic mass is 16.2. The molecule has 1 unspecified atom stereocenters. The Labute approximate surface area is 171 Å². The van der Waals surface area contributed by atoms with Gasteiger partial charge in [0, 0.05) is 55.5 Å². The van der Waals surface area contributed by atoms with Gasteiger partial charge in [0.2, 0.25) is 11.8 Å². The van der Waals surface area contributed by atoms with E-state index in [-0.39, 0.29) is 23.7 Å². The molecule has 2 heterocycles. The average molecular weight is 389 g/mol. The third-order valence-electron chi connectivity index (χ3n) is 5.99. The zero-order chi connectivity index (χ0) is 20.2. The summed E-state index contributed by atoms with van der Waals surface area (Å²) in [4.78, 5) is 29.5. The molecule has 5 heteroatoms. The molecule has 150 valence electrons. The summed E-state index contributed by atoms with van der Waals surface area (Å²) in [5.41, 5.74) is 3.48. The van der Waals surface area contributed by atoms with E-state index in [2.05, 4.69) is 40.8 Å². The van der Waals surface area contributed by atoms with Crippen LogP contribution >= 0.6 is 0 Å². The Morgan fingerprint density at radius 3 is 2.48 bits per heavy atom. The van der Waals surface area contributed by atoms with Crippen LogP contribution in [0.5, 0.6) is 0 Å². The Hall–Kier alpha value is -3.08. The maximum atomic E-state index is 12.8. The van der Waals surface area contributed by atoms with Crippen molar-refractivity contribution in [2.24, 2.45) is 5.92 Å². The first-order chi connectivity index (χ1) is 14.1. The number of carbonyl (C=O) groups excluding carboxylic acids is 2. The van der Waals surface area contributed by atoms with Gasteiger partial charge in [0.1, 0.15) is 0 Å². The Morgan fingerprint density at radius 1 is 1.07 bits per heavy atom. The number of H-pyrrole nitrogens is 1. The van der Waals surface area contributed by atoms with Gasteiger partial charge in [-0.1, -0.05) is 48.5 Å². The first-order valence-electron chi connectivity index (χ1n) is 10.3. The van der Waals surface area contributed by atoms with Crippen LogP contribution in [0.15, 0.2) is 60.8 Å². The van der Waals surface area contributed by atoms with Crippen molar-refractivity contribution >= 4 is 22.7 Å². The molecule has 1 aromatic heterocycles. The van der Waals surface area contributed by atoms with Crippen LogP contribution in [-0.2, 0) is 9.59 Å². The van der Waals surface area contributed by atoms with Crippen molar-refractivity contribution in [2.75, 3.05) is 19.6 Å². The number of amides is 2. The van der Waals surface area contributed by atoms with E-state index in [0.29, 0.717) is 19.6 Å². The number of para-hydroxylation sites is 1. The van der Waals surface area contributed by atoms with E-state index in [0.717, 1.165) is 18.4 Å². The molecule has 4 rings (SSSR count). The summed E-state index contributed by atoms with van der Waals surface area (Å²) in [5.74, 6) is 0.236. The Balaban J connectivity index is 1.50. The maximum absolute atomic E-state index is 12.8. The number of rotatable bonds is 5. The Kier molecular flexibility index (Phi) is 5.65. The van der Waals surface area contributed by atoms with Crippen LogP contribution in [0.2, 0.25) is 0 Å². The summed E-state index contributed by atoms with van der Waals surface area (Å²) in [6.45, 7) is 3.47. The normalized spacial score (nSPS) is 16.0. The van der Waals surface area contributed by atoms with E-state index in [1.807, 2.05) is 35.2 Å². The van der Waals surface area contributed by atoms with Gasteiger partial charge in [-0.25, -0.2) is 0 Å². The first kappa shape index (κ1) is 19.2. The molecule has 5 nitrogen and oxygen atoms in total. The minimum absolute atomic E-state index is 0.0232. The predicted molar refractivity (Wildman–Crippen MR) is 115 cm³/mol. The smallest absolute Gasteiger partial charge is 0.223 e. The van der Waals surface area contributed by atoms with E-state index in [1.165, 1.54) is 16.5 Å². The second-order valence-corrected chi connectivity index (χ2v) is 7.78. The standard InChI is InChI=1S/C24H27N3O2/c1-17(28)27-13-11-19(12-14-27)24(29)26-15-21(18-7-3-2-4-8-18)22-16-25-23-10-6-5-9-20(22)23/h2-10,16,19,21,25H,11-15H2,1H3,(H,26,29). The Morgan fingerprint density at radius 2 is 1.76 bits per heavy atom. The third kappa shape index (κ3) is 4.19. The molecule has 0 spiro atoms. The molecule has 1 aliphatic heterocycles. The molecule has 2 aromatic carbocycles. The summed E-state index contributed by atoms with van der Waals surface area (Å²) in [6.07, 6.45) is 3.52. The first-order valence-corrected chi connectivity index (χ1v) is 10.3. The lowest BCUT2D eigenvalue weighted by Crippen LogP contribution is -2.43. The molecular weight excluding hydrogens is 362 g/mol. The molecule has 0 bridgehead atoms. The van der Waals surface area contributed by atoms with E-state index in [1.54, 1.807) is 6.92 Å². The quantitative estimate of drug-likeness (QED) is 0.699. The van der Waals surface area contributed by atoms with Crippen LogP contribution in [-0.4, -0.2) is 41.3 Å². The molecule has 1 fully saturated rings. The highest BCUT2D eigenvalue weighted by Gasteiger charge is 2.27. The molecule has 2 N–H and O–H groups in total. The highest BCUT2D eigenvalue weighted by molar-refractivity contribution is 5.84. The number of fused-ring (bicyclic) bond motifs is 1. The van der Waals surface area contributed by atoms with Crippen molar-refractivity contribution in [3.63, 3.8) is 0 Å². The molecule has 1 aliphatic rings. The minimum atomic E-state index is -0.0232. The molecule has 1 saturated heterocycles. The lowest BCUT2D eigenvalue weighted by atomic mass is 9.90. The van der Waals surface area contributed by atoms with E-state index in [4.69, 9.17) is 0 Å². The molecular formula is C24H27N3O2. The third-order valence-corrected chi connectivity index (χ3v) is 5.99. The minimum Gasteiger partial charge on any atom is -0.361 e. The van der Waals surface area contributed by atoms with Crippen molar-refractivity contribution in [2.45, 2.75) is 25.7 Å². The van der Waals surface area contributed by atoms with Crippen LogP contribution in [0, 0.1) is 5.92 Å². The van der Waals surface area contributed by atoms with Gasteiger partial charge >= 0.3 is 0 Å². The molecule has 1 atom stereocenters. The van der Waals surface area contributed by atoms with Crippen LogP contribution in [0.25, 0.3) is 10.9 Å². The van der Waals surface area contributed by atoms with Gasteiger partial charge in [0.25, 0.3) is 0 Å². The van der Waals surface area contributed by atoms with Gasteiger partial charge in [-0.15, -0.1) is 0 Å². The van der Waals surface area contributed by atoms with E-state index in [9.17, 15) is 9.59 Å². The summed E-state index contributed by atoms with van der Waals surface area (Å²) in [6, 6.07) is 18.6. The molecule has 0 radical (unpaired) electrons. The van der Waals surface area contributed by atoms with E-state index >= 15 is 0 Å². The lowest BCUT2D eigenvalue weighted by molar-refractivity contribution is -0.133. The van der Waals surface area contributed by atoms with Crippen molar-refractivity contribution in [1.29, 1.82) is 0 Å². The molecule has 2 amide bonds. The van der Waals surface area contributed by atoms with Crippen LogP contribution in [0.1, 0.15) is 36.8 Å². The maximum Gasteiger partial charge on any atom is 0.223 e. The number of benzene rings is 2. The van der Waals surface area contributed by atoms with E-state index < -0.39 is 0 Å². The van der Waals surface area contributed by atoms with Gasteiger partial charge in [0.05, 0.1) is 0 Å². The van der Waals surface area contributed by atoms with Crippen LogP contribution in [0.3, 0.4) is 0 Å². The van der Waals surface area contributed by atoms with Crippen LogP contribution in [0.4, 0.5) is 0 Å². The zero-order valence-electron chi connectivity index (χ0n) is 16.7. The largest absolute Gasteiger partial charge is 0.361 e. The SMILES string of the molecule is CC(=O)N1CCC(C(=O)NCC(c2ccccc2)c2c[nH]c3ccccc23)CC1. The Bertz CT molecular complexity index is 988. The van der Waals surface area contributed by atoms with Crippen molar-refractivity contribution in [3.8, 4) is 0 Å². The van der Waals surface area contributed by atoms with Crippen LogP contribution < -0.4 is 5.32 Å². The van der Waals surface area contributed by atoms with Gasteiger partial charge < -0.3 is 15.2 Å². The fraction of sp³-hybridized carbons (Fsp3) is 0.333. The summed E-state index contributed by atoms with van der Waals surface area (Å²) < 4.78 is 0. The van der Waals surface area contributed by atoms with Gasteiger partial charge in [-0.3, -0.25) is 9.59 Å². The number of nitrogens with one attached hydrogen (secondary N) is 2. The molecule has 0 saturated carbocycles. The number of likely N-dealkylation sites (tertiary alicyclic amines) is 1. The van der Waals surface area contributed by atoms with Crippen molar-refractivity contribution in [3.05, 3.63) is 71.9 Å². The number of hydrogen-bond acceptors (Lipinski definition) is 2. The zero-order valence-corrected chi connectivity index (χ0v) is 16.7. The fourth-order valence-corrected chi connectivity index (χ4v) is 4.28. The fourth-order valence-electron chi connectivity index (χ4n) is 4.28. The summed E-state index contributed by atoms with van der Waals surface area (Å²) in [5, 5.41) is 4.38. The van der Waals surface area contributed by atoms with Gasteiger partial charge in [-0.05, 0) is 30.0 Å². The second-order valence-electron chi connectivity index (χ2n) is 7.78. The number of piperidine rings is 1. The summed E-state index contributed by atoms with van der Waals surface area (Å²) >= 11 is 0. The lowest BCUT2D eigenvalue weighted by Gasteiger charge is -2.31. The topological polar surface area (TPSA) is 65.2 Å². The summed E-state index contributed by atoms with van der Waals surface area (Å²) in [7, 11) is 0. The highest BCUT2D eigenvalue weighted by Crippen LogP contribution is 2.30. The molecule has 0 aliphatic carbocycles. The number of aromatic amines is 1. The van der Waals surface area contributed by atoms with Gasteiger partial charge in [-0.2, -0.15) is 0 Å². The van der Waals surface area contributed by atoms with Crippen molar-refractivity contribution < 1.29 is 9.59 Å². The number of hydrogen-bond donors (Lipinski definition) is 2. The van der Waals surface area contributed by atoms with Gasteiger partial charge in [0.15, 0.2) is 0 Å². The number of aromatic nitrogens is 1. The monoisotopic (exact) mass is 389 g/mol. The van der Waals surface area contributed by atoms with Crippen molar-refractivity contribution in [1.82, 2.24) is 15.2 Å². The molecule has 3 aromatic rings. The number of nitrogens with zero attached hydrogens (tertiary/aromatic N) is 1. The predicted octanol–water partition coefficient (Wildman–Crippen LogP) is 3.67.